The summed E-state index contributed by atoms with van der Waals surface area (Å²) in [6.07, 6.45) is 1.22. The fourth-order valence-electron chi connectivity index (χ4n) is 4.60. The van der Waals surface area contributed by atoms with Crippen molar-refractivity contribution in [2.45, 2.75) is 19.4 Å². The van der Waals surface area contributed by atoms with Crippen LogP contribution in [0.25, 0.3) is 21.8 Å². The number of hydrogen-bond acceptors (Lipinski definition) is 3. The van der Waals surface area contributed by atoms with E-state index in [1.807, 2.05) is 23.1 Å². The van der Waals surface area contributed by atoms with E-state index in [4.69, 9.17) is 9.72 Å². The van der Waals surface area contributed by atoms with Crippen molar-refractivity contribution in [3.63, 3.8) is 0 Å². The molecule has 0 aliphatic carbocycles. The molecule has 1 aliphatic heterocycles. The zero-order valence-corrected chi connectivity index (χ0v) is 18.4. The van der Waals surface area contributed by atoms with Crippen LogP contribution in [-0.4, -0.2) is 53.5 Å². The molecule has 164 valence electrons. The first-order chi connectivity index (χ1) is 15.5. The Kier molecular flexibility index (Phi) is 4.96. The monoisotopic (exact) mass is 432 g/mol. The third-order valence-corrected chi connectivity index (χ3v) is 6.13. The maximum absolute atomic E-state index is 14.3. The summed E-state index contributed by atoms with van der Waals surface area (Å²) in [5.41, 5.74) is 5.78. The molecule has 4 aromatic rings. The molecule has 3 heterocycles. The molecular formula is C25H25FN4O2. The molecule has 0 spiro atoms. The Morgan fingerprint density at radius 2 is 2.06 bits per heavy atom. The molecule has 0 saturated heterocycles. The van der Waals surface area contributed by atoms with E-state index in [2.05, 4.69) is 17.1 Å². The third-order valence-electron chi connectivity index (χ3n) is 6.13. The van der Waals surface area contributed by atoms with Gasteiger partial charge in [0.2, 0.25) is 0 Å². The zero-order valence-electron chi connectivity index (χ0n) is 18.4. The summed E-state index contributed by atoms with van der Waals surface area (Å²) in [6, 6.07) is 13.2. The lowest BCUT2D eigenvalue weighted by Gasteiger charge is -2.31. The van der Waals surface area contributed by atoms with Gasteiger partial charge in [-0.3, -0.25) is 4.98 Å². The lowest BCUT2D eigenvalue weighted by Crippen LogP contribution is -2.42. The molecule has 0 radical (unpaired) electrons. The maximum atomic E-state index is 14.3. The Morgan fingerprint density at radius 3 is 2.81 bits per heavy atom. The molecule has 1 N–H and O–H groups in total. The number of rotatable bonds is 3. The number of methoxy groups -OCH3 is 1. The number of halogens is 1. The molecule has 5 rings (SSSR count). The van der Waals surface area contributed by atoms with Gasteiger partial charge in [-0.15, -0.1) is 0 Å². The van der Waals surface area contributed by atoms with E-state index in [-0.39, 0.29) is 11.8 Å². The fourth-order valence-corrected chi connectivity index (χ4v) is 4.60. The van der Waals surface area contributed by atoms with Gasteiger partial charge in [0.05, 0.1) is 30.6 Å². The van der Waals surface area contributed by atoms with E-state index in [0.29, 0.717) is 19.5 Å². The second-order valence-corrected chi connectivity index (χ2v) is 8.40. The minimum atomic E-state index is -0.390. The lowest BCUT2D eigenvalue weighted by atomic mass is 9.96. The highest BCUT2D eigenvalue weighted by Crippen LogP contribution is 2.35. The first-order valence-electron chi connectivity index (χ1n) is 10.7. The average Bonchev–Trinajstić information content (AvgIpc) is 3.18. The highest BCUT2D eigenvalue weighted by atomic mass is 19.1. The van der Waals surface area contributed by atoms with Crippen LogP contribution in [0.2, 0.25) is 0 Å². The van der Waals surface area contributed by atoms with Gasteiger partial charge in [-0.25, -0.2) is 9.18 Å². The van der Waals surface area contributed by atoms with Gasteiger partial charge in [0.15, 0.2) is 11.6 Å². The van der Waals surface area contributed by atoms with Crippen molar-refractivity contribution in [3.8, 4) is 5.75 Å². The first kappa shape index (κ1) is 20.3. The van der Waals surface area contributed by atoms with Crippen LogP contribution in [0.15, 0.2) is 42.5 Å². The number of amides is 2. The van der Waals surface area contributed by atoms with Gasteiger partial charge in [0.1, 0.15) is 0 Å². The number of benzene rings is 2. The number of carbonyl (C=O) groups is 1. The quantitative estimate of drug-likeness (QED) is 0.519. The van der Waals surface area contributed by atoms with Crippen molar-refractivity contribution in [2.75, 3.05) is 27.7 Å². The molecule has 0 saturated carbocycles. The van der Waals surface area contributed by atoms with Crippen molar-refractivity contribution in [1.29, 1.82) is 0 Å². The molecule has 0 unspecified atom stereocenters. The van der Waals surface area contributed by atoms with Crippen LogP contribution in [0.3, 0.4) is 0 Å². The molecule has 7 heteroatoms. The molecule has 32 heavy (non-hydrogen) atoms. The maximum Gasteiger partial charge on any atom is 0.319 e. The number of aromatic amines is 1. The Labute approximate surface area is 185 Å². The molecule has 2 aromatic carbocycles. The Hall–Kier alpha value is -3.61. The predicted molar refractivity (Wildman–Crippen MR) is 123 cm³/mol. The summed E-state index contributed by atoms with van der Waals surface area (Å²) in [4.78, 5) is 24.5. The van der Waals surface area contributed by atoms with E-state index >= 15 is 0 Å². The highest BCUT2D eigenvalue weighted by molar-refractivity contribution is 6.10. The van der Waals surface area contributed by atoms with Crippen LogP contribution in [0.4, 0.5) is 9.18 Å². The topological polar surface area (TPSA) is 61.5 Å². The van der Waals surface area contributed by atoms with E-state index in [0.717, 1.165) is 45.2 Å². The van der Waals surface area contributed by atoms with Crippen molar-refractivity contribution in [2.24, 2.45) is 0 Å². The van der Waals surface area contributed by atoms with Crippen molar-refractivity contribution >= 4 is 27.8 Å². The fraction of sp³-hybridized carbons (Fsp3) is 0.280. The number of pyridine rings is 1. The SMILES string of the molecule is COc1ccc(Cc2nc3c(c4c2[nH]c2ccccc24)CCN(C(=O)N(C)C)C3)cc1F. The Morgan fingerprint density at radius 1 is 1.25 bits per heavy atom. The second kappa shape index (κ2) is 7.82. The summed E-state index contributed by atoms with van der Waals surface area (Å²) in [7, 11) is 4.98. The molecule has 2 amide bonds. The Balaban J connectivity index is 1.66. The van der Waals surface area contributed by atoms with Crippen LogP contribution < -0.4 is 4.74 Å². The molecule has 1 aliphatic rings. The minimum Gasteiger partial charge on any atom is -0.494 e. The minimum absolute atomic E-state index is 0.0183. The van der Waals surface area contributed by atoms with E-state index in [1.165, 1.54) is 18.7 Å². The smallest absolute Gasteiger partial charge is 0.319 e. The zero-order chi connectivity index (χ0) is 22.4. The normalized spacial score (nSPS) is 13.4. The number of H-pyrrole nitrogens is 1. The van der Waals surface area contributed by atoms with Crippen molar-refractivity contribution in [3.05, 3.63) is 70.8 Å². The molecular weight excluding hydrogens is 407 g/mol. The predicted octanol–water partition coefficient (Wildman–Crippen LogP) is 4.49. The summed E-state index contributed by atoms with van der Waals surface area (Å²) >= 11 is 0. The van der Waals surface area contributed by atoms with Gasteiger partial charge in [-0.05, 0) is 35.7 Å². The van der Waals surface area contributed by atoms with Crippen LogP contribution >= 0.6 is 0 Å². The molecule has 6 nitrogen and oxygen atoms in total. The number of para-hydroxylation sites is 1. The van der Waals surface area contributed by atoms with Gasteiger partial charge < -0.3 is 19.5 Å². The summed E-state index contributed by atoms with van der Waals surface area (Å²) in [6.45, 7) is 1.12. The number of aromatic nitrogens is 2. The van der Waals surface area contributed by atoms with Gasteiger partial charge in [-0.2, -0.15) is 0 Å². The van der Waals surface area contributed by atoms with Gasteiger partial charge in [0.25, 0.3) is 0 Å². The average molecular weight is 432 g/mol. The van der Waals surface area contributed by atoms with Crippen LogP contribution in [0, 0.1) is 5.82 Å². The van der Waals surface area contributed by atoms with Crippen molar-refractivity contribution in [1.82, 2.24) is 19.8 Å². The standard InChI is InChI=1S/C25H25FN4O2/c1-29(2)25(31)30-11-10-17-21(14-30)27-20(13-15-8-9-22(32-3)18(26)12-15)24-23(17)16-6-4-5-7-19(16)28-24/h4-9,12,28H,10-11,13-14H2,1-3H3. The van der Waals surface area contributed by atoms with Crippen LogP contribution in [-0.2, 0) is 19.4 Å². The Bertz CT molecular complexity index is 1350. The van der Waals surface area contributed by atoms with Gasteiger partial charge >= 0.3 is 6.03 Å². The van der Waals surface area contributed by atoms with Crippen LogP contribution in [0.1, 0.15) is 22.5 Å². The number of fused-ring (bicyclic) bond motifs is 5. The summed E-state index contributed by atoms with van der Waals surface area (Å²) < 4.78 is 19.4. The third kappa shape index (κ3) is 3.34. The van der Waals surface area contributed by atoms with Gasteiger partial charge in [-0.1, -0.05) is 24.3 Å². The largest absolute Gasteiger partial charge is 0.494 e. The number of carbonyl (C=O) groups excluding carboxylic acids is 1. The number of urea groups is 1. The lowest BCUT2D eigenvalue weighted by molar-refractivity contribution is 0.165. The summed E-state index contributed by atoms with van der Waals surface area (Å²) in [5, 5.41) is 2.31. The van der Waals surface area contributed by atoms with E-state index in [9.17, 15) is 9.18 Å². The van der Waals surface area contributed by atoms with Crippen LogP contribution in [0.5, 0.6) is 5.75 Å². The second-order valence-electron chi connectivity index (χ2n) is 8.40. The van der Waals surface area contributed by atoms with Gasteiger partial charge in [0, 0.05) is 43.4 Å². The highest BCUT2D eigenvalue weighted by Gasteiger charge is 2.27. The number of nitrogens with zero attached hydrogens (tertiary/aromatic N) is 3. The van der Waals surface area contributed by atoms with E-state index < -0.39 is 5.82 Å². The molecule has 0 atom stereocenters. The summed E-state index contributed by atoms with van der Waals surface area (Å²) in [5.74, 6) is -0.167. The van der Waals surface area contributed by atoms with E-state index in [1.54, 1.807) is 25.1 Å². The molecule has 0 bridgehead atoms. The van der Waals surface area contributed by atoms with Crippen molar-refractivity contribution < 1.29 is 13.9 Å². The number of hydrogen-bond donors (Lipinski definition) is 1. The number of ether oxygens (including phenoxy) is 1. The molecule has 0 fully saturated rings. The first-order valence-corrected chi connectivity index (χ1v) is 10.7. The number of nitrogens with one attached hydrogen (secondary N) is 1. The molecule has 2 aromatic heterocycles.